The van der Waals surface area contributed by atoms with E-state index in [-0.39, 0.29) is 0 Å². The van der Waals surface area contributed by atoms with Crippen LogP contribution in [-0.4, -0.2) is 37.1 Å². The highest BCUT2D eigenvalue weighted by Gasteiger charge is 2.07. The van der Waals surface area contributed by atoms with Crippen molar-refractivity contribution in [2.75, 3.05) is 27.2 Å². The lowest BCUT2D eigenvalue weighted by molar-refractivity contribution is 0.335. The van der Waals surface area contributed by atoms with E-state index in [4.69, 9.17) is 4.74 Å². The predicted octanol–water partition coefficient (Wildman–Crippen LogP) is 3.06. The Morgan fingerprint density at radius 1 is 1.28 bits per heavy atom. The molecule has 0 aliphatic heterocycles. The van der Waals surface area contributed by atoms with Crippen LogP contribution < -0.4 is 4.74 Å². The van der Waals surface area contributed by atoms with Crippen LogP contribution in [0, 0.1) is 0 Å². The van der Waals surface area contributed by atoms with E-state index in [0.29, 0.717) is 0 Å². The van der Waals surface area contributed by atoms with Gasteiger partial charge < -0.3 is 14.6 Å². The zero-order valence-corrected chi connectivity index (χ0v) is 11.5. The lowest BCUT2D eigenvalue weighted by atomic mass is 10.1. The molecule has 0 bridgehead atoms. The lowest BCUT2D eigenvalue weighted by Crippen LogP contribution is -2.13. The predicted molar refractivity (Wildman–Crippen MR) is 76.3 cm³/mol. The summed E-state index contributed by atoms with van der Waals surface area (Å²) in [6, 6.07) is 6.44. The number of rotatable bonds is 6. The summed E-state index contributed by atoms with van der Waals surface area (Å²) in [5, 5.41) is 1.22. The van der Waals surface area contributed by atoms with E-state index in [0.717, 1.165) is 31.7 Å². The third-order valence-corrected chi connectivity index (χ3v) is 3.09. The number of benzene rings is 1. The van der Waals surface area contributed by atoms with Crippen LogP contribution in [0.5, 0.6) is 5.75 Å². The second-order valence-electron chi connectivity index (χ2n) is 4.86. The Balaban J connectivity index is 2.19. The van der Waals surface area contributed by atoms with E-state index < -0.39 is 0 Å². The molecule has 0 saturated heterocycles. The van der Waals surface area contributed by atoms with Crippen LogP contribution in [0.25, 0.3) is 10.9 Å². The molecule has 0 aliphatic rings. The highest BCUT2D eigenvalue weighted by atomic mass is 16.5. The van der Waals surface area contributed by atoms with Gasteiger partial charge in [0.25, 0.3) is 0 Å². The molecular formula is C15H22N2O. The van der Waals surface area contributed by atoms with E-state index in [9.17, 15) is 0 Å². The van der Waals surface area contributed by atoms with Crippen LogP contribution in [0.3, 0.4) is 0 Å². The Morgan fingerprint density at radius 2 is 2.11 bits per heavy atom. The maximum absolute atomic E-state index is 5.74. The average molecular weight is 246 g/mol. The Labute approximate surface area is 109 Å². The van der Waals surface area contributed by atoms with Crippen molar-refractivity contribution in [3.8, 4) is 5.75 Å². The summed E-state index contributed by atoms with van der Waals surface area (Å²) in [5.41, 5.74) is 2.49. The van der Waals surface area contributed by atoms with Crippen LogP contribution in [0.15, 0.2) is 24.4 Å². The Morgan fingerprint density at radius 3 is 2.83 bits per heavy atom. The number of fused-ring (bicyclic) bond motifs is 1. The van der Waals surface area contributed by atoms with E-state index in [2.05, 4.69) is 42.2 Å². The second kappa shape index (κ2) is 5.91. The molecule has 3 nitrogen and oxygen atoms in total. The molecular weight excluding hydrogens is 224 g/mol. The Bertz CT molecular complexity index is 502. The maximum Gasteiger partial charge on any atom is 0.123 e. The minimum absolute atomic E-state index is 0.719. The topological polar surface area (TPSA) is 28.3 Å². The molecule has 0 atom stereocenters. The third-order valence-electron chi connectivity index (χ3n) is 3.09. The summed E-state index contributed by atoms with van der Waals surface area (Å²) in [6.07, 6.45) is 4.19. The zero-order valence-electron chi connectivity index (χ0n) is 11.5. The molecule has 1 aromatic carbocycles. The van der Waals surface area contributed by atoms with Crippen LogP contribution in [-0.2, 0) is 6.42 Å². The highest BCUT2D eigenvalue weighted by Crippen LogP contribution is 2.26. The molecule has 0 unspecified atom stereocenters. The molecule has 0 radical (unpaired) electrons. The molecule has 2 rings (SSSR count). The number of nitrogens with one attached hydrogen (secondary N) is 1. The second-order valence-corrected chi connectivity index (χ2v) is 4.86. The summed E-state index contributed by atoms with van der Waals surface area (Å²) in [5.74, 6) is 1.03. The molecule has 18 heavy (non-hydrogen) atoms. The number of nitrogens with zero attached hydrogens (tertiary/aromatic N) is 1. The lowest BCUT2D eigenvalue weighted by Gasteiger charge is -2.13. The average Bonchev–Trinajstić information content (AvgIpc) is 2.76. The Kier molecular flexibility index (Phi) is 4.26. The molecule has 0 spiro atoms. The van der Waals surface area contributed by atoms with Gasteiger partial charge in [-0.05, 0) is 64.2 Å². The molecule has 0 amide bonds. The molecule has 1 heterocycles. The molecule has 3 heteroatoms. The normalized spacial score (nSPS) is 11.3. The molecule has 1 aromatic heterocycles. The van der Waals surface area contributed by atoms with Crippen molar-refractivity contribution in [2.45, 2.75) is 19.8 Å². The first-order chi connectivity index (χ1) is 8.70. The first kappa shape index (κ1) is 13.0. The van der Waals surface area contributed by atoms with Crippen LogP contribution >= 0.6 is 0 Å². The van der Waals surface area contributed by atoms with Crippen molar-refractivity contribution in [3.05, 3.63) is 30.0 Å². The first-order valence-corrected chi connectivity index (χ1v) is 6.58. The smallest absolute Gasteiger partial charge is 0.123 e. The van der Waals surface area contributed by atoms with Crippen LogP contribution in [0.2, 0.25) is 0 Å². The number of aryl methyl sites for hydroxylation is 1. The fourth-order valence-corrected chi connectivity index (χ4v) is 2.20. The quantitative estimate of drug-likeness (QED) is 0.848. The van der Waals surface area contributed by atoms with Crippen molar-refractivity contribution in [1.29, 1.82) is 0 Å². The molecule has 98 valence electrons. The minimum Gasteiger partial charge on any atom is -0.494 e. The molecule has 0 fully saturated rings. The number of ether oxygens (including phenoxy) is 1. The highest BCUT2D eigenvalue weighted by molar-refractivity contribution is 5.82. The van der Waals surface area contributed by atoms with Gasteiger partial charge in [-0.2, -0.15) is 0 Å². The summed E-state index contributed by atoms with van der Waals surface area (Å²) in [6.45, 7) is 3.86. The molecule has 0 aliphatic carbocycles. The number of aromatic amines is 1. The van der Waals surface area contributed by atoms with E-state index in [1.165, 1.54) is 16.5 Å². The van der Waals surface area contributed by atoms with E-state index >= 15 is 0 Å². The van der Waals surface area contributed by atoms with Gasteiger partial charge in [-0.1, -0.05) is 0 Å². The standard InChI is InChI=1S/C15H22N2O/c1-4-18-15-11-12-7-8-16-14(12)10-13(15)6-5-9-17(2)3/h7-8,10-11,16H,4-6,9H2,1-3H3. The van der Waals surface area contributed by atoms with Gasteiger partial charge in [0.1, 0.15) is 5.75 Å². The first-order valence-electron chi connectivity index (χ1n) is 6.58. The zero-order chi connectivity index (χ0) is 13.0. The number of hydrogen-bond acceptors (Lipinski definition) is 2. The Hall–Kier alpha value is -1.48. The van der Waals surface area contributed by atoms with Crippen LogP contribution in [0.4, 0.5) is 0 Å². The fourth-order valence-electron chi connectivity index (χ4n) is 2.20. The van der Waals surface area contributed by atoms with Gasteiger partial charge in [-0.15, -0.1) is 0 Å². The maximum atomic E-state index is 5.74. The van der Waals surface area contributed by atoms with Gasteiger partial charge in [0.05, 0.1) is 6.61 Å². The van der Waals surface area contributed by atoms with Gasteiger partial charge in [-0.3, -0.25) is 0 Å². The van der Waals surface area contributed by atoms with Gasteiger partial charge >= 0.3 is 0 Å². The van der Waals surface area contributed by atoms with E-state index in [1.54, 1.807) is 0 Å². The molecule has 0 saturated carbocycles. The summed E-state index contributed by atoms with van der Waals surface area (Å²) in [7, 11) is 4.22. The van der Waals surface area contributed by atoms with Crippen molar-refractivity contribution >= 4 is 10.9 Å². The van der Waals surface area contributed by atoms with Crippen LogP contribution in [0.1, 0.15) is 18.9 Å². The monoisotopic (exact) mass is 246 g/mol. The van der Waals surface area contributed by atoms with Crippen molar-refractivity contribution < 1.29 is 4.74 Å². The SMILES string of the molecule is CCOc1cc2cc[nH]c2cc1CCCN(C)C. The molecule has 1 N–H and O–H groups in total. The van der Waals surface area contributed by atoms with Gasteiger partial charge in [0.2, 0.25) is 0 Å². The van der Waals surface area contributed by atoms with Crippen molar-refractivity contribution in [3.63, 3.8) is 0 Å². The molecule has 2 aromatic rings. The number of H-pyrrole nitrogens is 1. The largest absolute Gasteiger partial charge is 0.494 e. The van der Waals surface area contributed by atoms with Gasteiger partial charge in [-0.25, -0.2) is 0 Å². The summed E-state index contributed by atoms with van der Waals surface area (Å²) < 4.78 is 5.74. The number of aromatic nitrogens is 1. The minimum atomic E-state index is 0.719. The fraction of sp³-hybridized carbons (Fsp3) is 0.467. The number of hydrogen-bond donors (Lipinski definition) is 1. The summed E-state index contributed by atoms with van der Waals surface area (Å²) in [4.78, 5) is 5.48. The van der Waals surface area contributed by atoms with Crippen molar-refractivity contribution in [2.24, 2.45) is 0 Å². The third kappa shape index (κ3) is 3.05. The van der Waals surface area contributed by atoms with Crippen molar-refractivity contribution in [1.82, 2.24) is 9.88 Å². The van der Waals surface area contributed by atoms with E-state index in [1.807, 2.05) is 13.1 Å². The van der Waals surface area contributed by atoms with Gasteiger partial charge in [0, 0.05) is 17.1 Å². The van der Waals surface area contributed by atoms with Gasteiger partial charge in [0.15, 0.2) is 0 Å². The summed E-state index contributed by atoms with van der Waals surface area (Å²) >= 11 is 0.